The summed E-state index contributed by atoms with van der Waals surface area (Å²) in [6.45, 7) is 6.83. The van der Waals surface area contributed by atoms with Gasteiger partial charge >= 0.3 is 0 Å². The lowest BCUT2D eigenvalue weighted by Gasteiger charge is -2.35. The van der Waals surface area contributed by atoms with Crippen molar-refractivity contribution in [2.75, 3.05) is 31.1 Å². The number of nitrogens with zero attached hydrogens (tertiary/aromatic N) is 7. The largest absolute Gasteiger partial charge is 0.352 e. The fraction of sp³-hybridized carbons (Fsp3) is 0.364. The van der Waals surface area contributed by atoms with Crippen molar-refractivity contribution in [2.45, 2.75) is 19.9 Å². The molecular weight excluding hydrogens is 362 g/mol. The van der Waals surface area contributed by atoms with Gasteiger partial charge in [0.2, 0.25) is 0 Å². The van der Waals surface area contributed by atoms with E-state index in [2.05, 4.69) is 37.9 Å². The molecule has 29 heavy (non-hydrogen) atoms. The number of hydrogen-bond acceptors (Lipinski definition) is 6. The Balaban J connectivity index is 1.46. The summed E-state index contributed by atoms with van der Waals surface area (Å²) in [5.74, 6) is 0.928. The van der Waals surface area contributed by atoms with Crippen LogP contribution in [0.25, 0.3) is 11.3 Å². The molecule has 7 nitrogen and oxygen atoms in total. The second kappa shape index (κ2) is 8.41. The van der Waals surface area contributed by atoms with Crippen molar-refractivity contribution >= 4 is 5.82 Å². The van der Waals surface area contributed by atoms with Crippen molar-refractivity contribution < 1.29 is 0 Å². The van der Waals surface area contributed by atoms with Gasteiger partial charge in [0.15, 0.2) is 5.82 Å². The van der Waals surface area contributed by atoms with E-state index in [-0.39, 0.29) is 0 Å². The quantitative estimate of drug-likeness (QED) is 0.670. The third-order valence-electron chi connectivity index (χ3n) is 5.59. The Morgan fingerprint density at radius 3 is 2.41 bits per heavy atom. The summed E-state index contributed by atoms with van der Waals surface area (Å²) in [7, 11) is 1.99. The smallest absolute Gasteiger partial charge is 0.155 e. The number of hydrogen-bond donors (Lipinski definition) is 0. The molecule has 148 valence electrons. The van der Waals surface area contributed by atoms with E-state index >= 15 is 0 Å². The van der Waals surface area contributed by atoms with Gasteiger partial charge in [0.25, 0.3) is 0 Å². The first-order valence-electron chi connectivity index (χ1n) is 9.88. The first kappa shape index (κ1) is 19.1. The highest BCUT2D eigenvalue weighted by molar-refractivity contribution is 5.72. The van der Waals surface area contributed by atoms with Gasteiger partial charge in [-0.3, -0.25) is 14.6 Å². The van der Waals surface area contributed by atoms with E-state index in [0.717, 1.165) is 55.4 Å². The monoisotopic (exact) mass is 387 g/mol. The maximum atomic E-state index is 8.86. The van der Waals surface area contributed by atoms with E-state index in [1.165, 1.54) is 11.3 Å². The minimum atomic E-state index is 0.423. The van der Waals surface area contributed by atoms with Crippen molar-refractivity contribution in [1.82, 2.24) is 24.6 Å². The van der Waals surface area contributed by atoms with Gasteiger partial charge in [-0.05, 0) is 12.5 Å². The summed E-state index contributed by atoms with van der Waals surface area (Å²) in [5.41, 5.74) is 5.46. The van der Waals surface area contributed by atoms with Crippen LogP contribution < -0.4 is 4.90 Å². The summed E-state index contributed by atoms with van der Waals surface area (Å²) < 4.78 is 1.93. The second-order valence-electron chi connectivity index (χ2n) is 7.40. The Labute approximate surface area is 171 Å². The van der Waals surface area contributed by atoms with Gasteiger partial charge in [-0.25, -0.2) is 4.98 Å². The molecular formula is C22H25N7. The Kier molecular flexibility index (Phi) is 5.54. The maximum absolute atomic E-state index is 8.86. The Bertz CT molecular complexity index is 1010. The van der Waals surface area contributed by atoms with Crippen LogP contribution in [0.1, 0.15) is 16.8 Å². The van der Waals surface area contributed by atoms with Gasteiger partial charge in [0.05, 0.1) is 18.7 Å². The predicted molar refractivity (Wildman–Crippen MR) is 112 cm³/mol. The molecule has 2 aromatic heterocycles. The molecule has 0 unspecified atom stereocenters. The molecule has 0 bridgehead atoms. The molecule has 3 aromatic rings. The molecule has 0 amide bonds. The molecule has 1 aromatic carbocycles. The molecule has 1 aliphatic heterocycles. The zero-order valence-corrected chi connectivity index (χ0v) is 16.9. The summed E-state index contributed by atoms with van der Waals surface area (Å²) >= 11 is 0. The van der Waals surface area contributed by atoms with Crippen LogP contribution in [0.2, 0.25) is 0 Å². The molecule has 4 rings (SSSR count). The van der Waals surface area contributed by atoms with Crippen molar-refractivity contribution in [3.05, 3.63) is 59.7 Å². The highest BCUT2D eigenvalue weighted by Gasteiger charge is 2.22. The minimum Gasteiger partial charge on any atom is -0.352 e. The van der Waals surface area contributed by atoms with E-state index in [4.69, 9.17) is 5.26 Å². The van der Waals surface area contributed by atoms with Crippen LogP contribution in [0.15, 0.2) is 42.9 Å². The third-order valence-corrected chi connectivity index (χ3v) is 5.59. The van der Waals surface area contributed by atoms with Crippen LogP contribution in [0.4, 0.5) is 5.82 Å². The van der Waals surface area contributed by atoms with E-state index in [9.17, 15) is 0 Å². The molecule has 3 heterocycles. The fourth-order valence-electron chi connectivity index (χ4n) is 3.70. The average molecular weight is 387 g/mol. The number of aromatic nitrogens is 4. The minimum absolute atomic E-state index is 0.423. The Morgan fingerprint density at radius 2 is 1.76 bits per heavy atom. The Morgan fingerprint density at radius 1 is 1.03 bits per heavy atom. The van der Waals surface area contributed by atoms with Crippen LogP contribution in [0, 0.1) is 18.3 Å². The number of benzene rings is 1. The van der Waals surface area contributed by atoms with Gasteiger partial charge in [-0.2, -0.15) is 10.4 Å². The van der Waals surface area contributed by atoms with Crippen molar-refractivity contribution in [3.63, 3.8) is 0 Å². The van der Waals surface area contributed by atoms with Gasteiger partial charge in [-0.1, -0.05) is 24.3 Å². The molecule has 1 fully saturated rings. The number of aryl methyl sites for hydroxylation is 1. The molecule has 7 heteroatoms. The topological polar surface area (TPSA) is 73.9 Å². The van der Waals surface area contributed by atoms with Crippen molar-refractivity contribution in [1.29, 1.82) is 5.26 Å². The lowest BCUT2D eigenvalue weighted by atomic mass is 10.1. The van der Waals surface area contributed by atoms with Crippen LogP contribution in [0.3, 0.4) is 0 Å². The second-order valence-corrected chi connectivity index (χ2v) is 7.40. The zero-order chi connectivity index (χ0) is 20.2. The summed E-state index contributed by atoms with van der Waals surface area (Å²) in [6, 6.07) is 10.2. The zero-order valence-electron chi connectivity index (χ0n) is 16.9. The van der Waals surface area contributed by atoms with Crippen LogP contribution in [-0.2, 0) is 20.0 Å². The summed E-state index contributed by atoms with van der Waals surface area (Å²) in [6.07, 6.45) is 5.89. The molecule has 0 saturated carbocycles. The van der Waals surface area contributed by atoms with Gasteiger partial charge in [0, 0.05) is 69.0 Å². The first-order chi connectivity index (χ1) is 14.2. The van der Waals surface area contributed by atoms with E-state index < -0.39 is 0 Å². The summed E-state index contributed by atoms with van der Waals surface area (Å²) in [5, 5.41) is 13.2. The van der Waals surface area contributed by atoms with Crippen LogP contribution in [0.5, 0.6) is 0 Å². The fourth-order valence-corrected chi connectivity index (χ4v) is 3.70. The number of piperazine rings is 1. The molecule has 0 aliphatic carbocycles. The van der Waals surface area contributed by atoms with Crippen LogP contribution in [-0.4, -0.2) is 50.8 Å². The molecule has 0 radical (unpaired) electrons. The van der Waals surface area contributed by atoms with Crippen molar-refractivity contribution in [2.24, 2.45) is 7.05 Å². The van der Waals surface area contributed by atoms with E-state index in [1.54, 1.807) is 12.4 Å². The number of anilines is 1. The normalized spacial score (nSPS) is 14.7. The standard InChI is InChI=1S/C22H25N7/c1-17-20(15-26-27(17)2)16-28-11-13-29(14-12-28)22-21(24-9-10-25-22)19-5-3-18(4-6-19)7-8-23/h3-6,9-10,15H,7,11-14,16H2,1-2H3. The molecule has 0 atom stereocenters. The number of rotatable bonds is 5. The SMILES string of the molecule is Cc1c(CN2CCN(c3nccnc3-c3ccc(CC#N)cc3)CC2)cnn1C. The predicted octanol–water partition coefficient (Wildman–Crippen LogP) is 2.57. The van der Waals surface area contributed by atoms with Gasteiger partial charge in [-0.15, -0.1) is 0 Å². The molecule has 0 N–H and O–H groups in total. The highest BCUT2D eigenvalue weighted by atomic mass is 15.3. The first-order valence-corrected chi connectivity index (χ1v) is 9.88. The van der Waals surface area contributed by atoms with Crippen LogP contribution >= 0.6 is 0 Å². The molecule has 1 saturated heterocycles. The van der Waals surface area contributed by atoms with Crippen molar-refractivity contribution in [3.8, 4) is 17.3 Å². The average Bonchev–Trinajstić information content (AvgIpc) is 3.07. The molecule has 0 spiro atoms. The maximum Gasteiger partial charge on any atom is 0.155 e. The summed E-state index contributed by atoms with van der Waals surface area (Å²) in [4.78, 5) is 14.0. The van der Waals surface area contributed by atoms with Gasteiger partial charge in [0.1, 0.15) is 5.69 Å². The van der Waals surface area contributed by atoms with E-state index in [0.29, 0.717) is 6.42 Å². The number of nitriles is 1. The highest BCUT2D eigenvalue weighted by Crippen LogP contribution is 2.28. The third kappa shape index (κ3) is 4.13. The lowest BCUT2D eigenvalue weighted by molar-refractivity contribution is 0.249. The Hall–Kier alpha value is -3.24. The lowest BCUT2D eigenvalue weighted by Crippen LogP contribution is -2.46. The molecule has 1 aliphatic rings. The van der Waals surface area contributed by atoms with E-state index in [1.807, 2.05) is 42.2 Å². The van der Waals surface area contributed by atoms with Gasteiger partial charge < -0.3 is 4.90 Å².